The summed E-state index contributed by atoms with van der Waals surface area (Å²) in [5, 5.41) is 22.8. The molecule has 7 nitrogen and oxygen atoms in total. The van der Waals surface area contributed by atoms with Gasteiger partial charge >= 0.3 is 0 Å². The van der Waals surface area contributed by atoms with Crippen LogP contribution in [0.1, 0.15) is 46.2 Å². The Morgan fingerprint density at radius 2 is 2.04 bits per heavy atom. The second-order valence-corrected chi connectivity index (χ2v) is 7.37. The Hall–Kier alpha value is -1.44. The van der Waals surface area contributed by atoms with E-state index >= 15 is 0 Å². The summed E-state index contributed by atoms with van der Waals surface area (Å²) in [4.78, 5) is 12.5. The van der Waals surface area contributed by atoms with E-state index in [2.05, 4.69) is 21.1 Å². The molecule has 2 rings (SSSR count). The standard InChI is InChI=1S/C16H28N4O3/c1-15(2,10-21)12-9-13(23-20-12)18-14(22)16(3,4)19-11-5-7-17-8-6-11/h9,11,17,19,21H,5-8,10H2,1-4H3,(H,18,22). The maximum atomic E-state index is 12.5. The van der Waals surface area contributed by atoms with Gasteiger partial charge in [0, 0.05) is 17.5 Å². The molecule has 0 atom stereocenters. The quantitative estimate of drug-likeness (QED) is 0.623. The van der Waals surface area contributed by atoms with Crippen molar-refractivity contribution < 1.29 is 14.4 Å². The number of carbonyl (C=O) groups is 1. The molecule has 4 N–H and O–H groups in total. The van der Waals surface area contributed by atoms with Crippen molar-refractivity contribution in [3.63, 3.8) is 0 Å². The Balaban J connectivity index is 1.97. The molecule has 0 saturated carbocycles. The number of carbonyl (C=O) groups excluding carboxylic acids is 1. The highest BCUT2D eigenvalue weighted by molar-refractivity contribution is 5.96. The molecule has 1 fully saturated rings. The van der Waals surface area contributed by atoms with E-state index in [9.17, 15) is 9.90 Å². The minimum Gasteiger partial charge on any atom is -0.395 e. The van der Waals surface area contributed by atoms with Crippen LogP contribution >= 0.6 is 0 Å². The topological polar surface area (TPSA) is 99.4 Å². The summed E-state index contributed by atoms with van der Waals surface area (Å²) in [5.74, 6) is 0.132. The van der Waals surface area contributed by atoms with Gasteiger partial charge < -0.3 is 20.3 Å². The lowest BCUT2D eigenvalue weighted by Crippen LogP contribution is -2.56. The van der Waals surface area contributed by atoms with Crippen LogP contribution in [0.3, 0.4) is 0 Å². The Bertz CT molecular complexity index is 533. The second kappa shape index (κ2) is 6.98. The van der Waals surface area contributed by atoms with Crippen molar-refractivity contribution in [2.24, 2.45) is 0 Å². The molecule has 0 spiro atoms. The van der Waals surface area contributed by atoms with Gasteiger partial charge in [0.2, 0.25) is 11.8 Å². The average Bonchev–Trinajstić information content (AvgIpc) is 2.97. The van der Waals surface area contributed by atoms with Gasteiger partial charge in [0.15, 0.2) is 0 Å². The Kier molecular flexibility index (Phi) is 5.44. The van der Waals surface area contributed by atoms with Crippen molar-refractivity contribution in [1.82, 2.24) is 15.8 Å². The highest BCUT2D eigenvalue weighted by Crippen LogP contribution is 2.24. The molecule has 0 radical (unpaired) electrons. The normalized spacial score (nSPS) is 17.3. The summed E-state index contributed by atoms with van der Waals surface area (Å²) in [5.41, 5.74) is -0.601. The van der Waals surface area contributed by atoms with E-state index in [1.165, 1.54) is 0 Å². The molecule has 1 aromatic heterocycles. The van der Waals surface area contributed by atoms with E-state index in [4.69, 9.17) is 4.52 Å². The average molecular weight is 324 g/mol. The first-order chi connectivity index (χ1) is 10.7. The van der Waals surface area contributed by atoms with Crippen LogP contribution in [0, 0.1) is 0 Å². The molecule has 130 valence electrons. The van der Waals surface area contributed by atoms with Gasteiger partial charge in [-0.3, -0.25) is 10.1 Å². The van der Waals surface area contributed by atoms with Crippen molar-refractivity contribution >= 4 is 11.8 Å². The zero-order valence-electron chi connectivity index (χ0n) is 14.4. The zero-order chi connectivity index (χ0) is 17.1. The monoisotopic (exact) mass is 324 g/mol. The number of aromatic nitrogens is 1. The number of anilines is 1. The summed E-state index contributed by atoms with van der Waals surface area (Å²) in [6, 6.07) is 1.99. The van der Waals surface area contributed by atoms with E-state index in [0.717, 1.165) is 25.9 Å². The maximum Gasteiger partial charge on any atom is 0.246 e. The van der Waals surface area contributed by atoms with Crippen LogP contribution in [0.2, 0.25) is 0 Å². The number of hydrogen-bond acceptors (Lipinski definition) is 6. The van der Waals surface area contributed by atoms with Gasteiger partial charge in [-0.15, -0.1) is 0 Å². The Labute approximate surface area is 137 Å². The number of aliphatic hydroxyl groups is 1. The molecule has 0 unspecified atom stereocenters. The lowest BCUT2D eigenvalue weighted by atomic mass is 9.91. The predicted octanol–water partition coefficient (Wildman–Crippen LogP) is 1.00. The summed E-state index contributed by atoms with van der Waals surface area (Å²) in [6.07, 6.45) is 2.02. The molecule has 0 bridgehead atoms. The van der Waals surface area contributed by atoms with Crippen LogP contribution in [-0.2, 0) is 10.2 Å². The van der Waals surface area contributed by atoms with Crippen molar-refractivity contribution in [2.75, 3.05) is 25.0 Å². The van der Waals surface area contributed by atoms with Gasteiger partial charge in [-0.25, -0.2) is 0 Å². The van der Waals surface area contributed by atoms with Gasteiger partial charge in [0.25, 0.3) is 0 Å². The maximum absolute atomic E-state index is 12.5. The summed E-state index contributed by atoms with van der Waals surface area (Å²) in [7, 11) is 0. The van der Waals surface area contributed by atoms with Crippen molar-refractivity contribution in [3.8, 4) is 0 Å². The zero-order valence-corrected chi connectivity index (χ0v) is 14.4. The number of nitrogens with one attached hydrogen (secondary N) is 3. The van der Waals surface area contributed by atoms with Crippen molar-refractivity contribution in [1.29, 1.82) is 0 Å². The number of piperidine rings is 1. The number of nitrogens with zero attached hydrogens (tertiary/aromatic N) is 1. The number of hydrogen-bond donors (Lipinski definition) is 4. The molecular weight excluding hydrogens is 296 g/mol. The first-order valence-corrected chi connectivity index (χ1v) is 8.12. The van der Waals surface area contributed by atoms with E-state index in [1.807, 2.05) is 27.7 Å². The highest BCUT2D eigenvalue weighted by atomic mass is 16.5. The fourth-order valence-electron chi connectivity index (χ4n) is 2.54. The molecule has 0 aromatic carbocycles. The molecule has 2 heterocycles. The van der Waals surface area contributed by atoms with Crippen molar-refractivity contribution in [3.05, 3.63) is 11.8 Å². The molecule has 1 aliphatic heterocycles. The van der Waals surface area contributed by atoms with Gasteiger partial charge in [-0.05, 0) is 39.8 Å². The number of aliphatic hydroxyl groups excluding tert-OH is 1. The molecule has 7 heteroatoms. The van der Waals surface area contributed by atoms with Crippen molar-refractivity contribution in [2.45, 2.75) is 57.5 Å². The lowest BCUT2D eigenvalue weighted by molar-refractivity contribution is -0.121. The Morgan fingerprint density at radius 1 is 1.39 bits per heavy atom. The molecule has 1 saturated heterocycles. The highest BCUT2D eigenvalue weighted by Gasteiger charge is 2.32. The minimum absolute atomic E-state index is 0.0459. The van der Waals surface area contributed by atoms with E-state index in [0.29, 0.717) is 17.6 Å². The third-order valence-electron chi connectivity index (χ3n) is 4.31. The first-order valence-electron chi connectivity index (χ1n) is 8.12. The summed E-state index contributed by atoms with van der Waals surface area (Å²) < 4.78 is 5.18. The van der Waals surface area contributed by atoms with Crippen LogP contribution < -0.4 is 16.0 Å². The third-order valence-corrected chi connectivity index (χ3v) is 4.31. The lowest BCUT2D eigenvalue weighted by Gasteiger charge is -2.32. The fraction of sp³-hybridized carbons (Fsp3) is 0.750. The van der Waals surface area contributed by atoms with Gasteiger partial charge in [0.05, 0.1) is 17.8 Å². The summed E-state index contributed by atoms with van der Waals surface area (Å²) >= 11 is 0. The Morgan fingerprint density at radius 3 is 2.65 bits per heavy atom. The summed E-state index contributed by atoms with van der Waals surface area (Å²) in [6.45, 7) is 9.33. The third kappa shape index (κ3) is 4.53. The van der Waals surface area contributed by atoms with E-state index in [1.54, 1.807) is 6.07 Å². The van der Waals surface area contributed by atoms with Crippen LogP contribution in [0.5, 0.6) is 0 Å². The minimum atomic E-state index is -0.707. The molecule has 0 aliphatic carbocycles. The van der Waals surface area contributed by atoms with Crippen LogP contribution in [0.25, 0.3) is 0 Å². The SMILES string of the molecule is CC(C)(NC1CCNCC1)C(=O)Nc1cc(C(C)(C)CO)no1. The van der Waals surface area contributed by atoms with Crippen LogP contribution in [-0.4, -0.2) is 47.4 Å². The van der Waals surface area contributed by atoms with Crippen LogP contribution in [0.4, 0.5) is 5.88 Å². The molecule has 1 amide bonds. The van der Waals surface area contributed by atoms with Gasteiger partial charge in [0.1, 0.15) is 0 Å². The van der Waals surface area contributed by atoms with E-state index in [-0.39, 0.29) is 12.5 Å². The molecule has 23 heavy (non-hydrogen) atoms. The van der Waals surface area contributed by atoms with Gasteiger partial charge in [-0.2, -0.15) is 0 Å². The largest absolute Gasteiger partial charge is 0.395 e. The smallest absolute Gasteiger partial charge is 0.246 e. The fourth-order valence-corrected chi connectivity index (χ4v) is 2.54. The molecule has 1 aromatic rings. The van der Waals surface area contributed by atoms with E-state index < -0.39 is 11.0 Å². The second-order valence-electron chi connectivity index (χ2n) is 7.37. The number of rotatable bonds is 6. The van der Waals surface area contributed by atoms with Gasteiger partial charge in [-0.1, -0.05) is 19.0 Å². The predicted molar refractivity (Wildman–Crippen MR) is 88.4 cm³/mol. The van der Waals surface area contributed by atoms with Crippen LogP contribution in [0.15, 0.2) is 10.6 Å². The number of amides is 1. The molecular formula is C16H28N4O3. The molecule has 1 aliphatic rings. The first kappa shape index (κ1) is 17.9.